The third kappa shape index (κ3) is 2.84. The first-order valence-electron chi connectivity index (χ1n) is 6.47. The molecule has 2 aromatic rings. The summed E-state index contributed by atoms with van der Waals surface area (Å²) in [7, 11) is 0. The van der Waals surface area contributed by atoms with Gasteiger partial charge in [-0.15, -0.1) is 0 Å². The van der Waals surface area contributed by atoms with Crippen molar-refractivity contribution in [2.24, 2.45) is 0 Å². The Morgan fingerprint density at radius 2 is 2.00 bits per heavy atom. The number of ketones is 1. The Labute approximate surface area is 130 Å². The van der Waals surface area contributed by atoms with Crippen LogP contribution >= 0.6 is 23.4 Å². The topological polar surface area (TPSA) is 76.2 Å². The zero-order valence-electron chi connectivity index (χ0n) is 11.2. The van der Waals surface area contributed by atoms with Gasteiger partial charge >= 0.3 is 11.6 Å². The van der Waals surface area contributed by atoms with Gasteiger partial charge in [0, 0.05) is 22.1 Å². The predicted molar refractivity (Wildman–Crippen MR) is 81.3 cm³/mol. The molecule has 6 nitrogen and oxygen atoms in total. The molecule has 1 aliphatic heterocycles. The van der Waals surface area contributed by atoms with E-state index < -0.39 is 0 Å². The highest BCUT2D eigenvalue weighted by Gasteiger charge is 2.36. The van der Waals surface area contributed by atoms with Crippen LogP contribution in [0, 0.1) is 0 Å². The van der Waals surface area contributed by atoms with E-state index in [4.69, 9.17) is 21.9 Å². The third-order valence-corrected chi connectivity index (χ3v) is 4.42. The van der Waals surface area contributed by atoms with Crippen molar-refractivity contribution in [2.45, 2.75) is 0 Å². The average Bonchev–Trinajstić information content (AvgIpc) is 2.90. The molecule has 0 aliphatic carbocycles. The van der Waals surface area contributed by atoms with Crippen molar-refractivity contribution in [1.29, 1.82) is 0 Å². The Bertz CT molecular complexity index is 653. The van der Waals surface area contributed by atoms with Gasteiger partial charge in [0.2, 0.25) is 5.27 Å². The van der Waals surface area contributed by atoms with Crippen molar-refractivity contribution < 1.29 is 14.1 Å². The molecule has 1 aromatic heterocycles. The van der Waals surface area contributed by atoms with Gasteiger partial charge in [0.15, 0.2) is 0 Å². The zero-order valence-corrected chi connectivity index (χ0v) is 12.7. The maximum atomic E-state index is 12.6. The van der Waals surface area contributed by atoms with E-state index in [0.29, 0.717) is 10.6 Å². The highest BCUT2D eigenvalue weighted by molar-refractivity contribution is 7.99. The molecule has 0 spiro atoms. The van der Waals surface area contributed by atoms with E-state index in [9.17, 15) is 4.79 Å². The SMILES string of the molecule is Nc1on[n+](N2CCSCC2)c1C(=O)c1ccc(Cl)cc1. The lowest BCUT2D eigenvalue weighted by atomic mass is 10.1. The van der Waals surface area contributed by atoms with Gasteiger partial charge in [-0.05, 0) is 24.3 Å². The molecule has 1 aromatic carbocycles. The monoisotopic (exact) mass is 325 g/mol. The molecule has 1 aliphatic rings. The number of rotatable bonds is 3. The van der Waals surface area contributed by atoms with Crippen molar-refractivity contribution in [3.8, 4) is 0 Å². The number of benzene rings is 1. The molecule has 0 radical (unpaired) electrons. The summed E-state index contributed by atoms with van der Waals surface area (Å²) in [5, 5.41) is 6.42. The maximum absolute atomic E-state index is 12.6. The van der Waals surface area contributed by atoms with Crippen molar-refractivity contribution in [3.63, 3.8) is 0 Å². The highest BCUT2D eigenvalue weighted by atomic mass is 35.5. The second-order valence-electron chi connectivity index (χ2n) is 4.58. The Hall–Kier alpha value is -1.73. The van der Waals surface area contributed by atoms with Gasteiger partial charge in [0.05, 0.1) is 17.9 Å². The summed E-state index contributed by atoms with van der Waals surface area (Å²) in [5.41, 5.74) is 6.54. The summed E-state index contributed by atoms with van der Waals surface area (Å²) in [6, 6.07) is 6.65. The summed E-state index contributed by atoms with van der Waals surface area (Å²) in [6.45, 7) is 1.59. The first-order valence-corrected chi connectivity index (χ1v) is 8.01. The summed E-state index contributed by atoms with van der Waals surface area (Å²) >= 11 is 7.71. The van der Waals surface area contributed by atoms with E-state index in [1.54, 1.807) is 24.3 Å². The van der Waals surface area contributed by atoms with Crippen molar-refractivity contribution in [1.82, 2.24) is 5.27 Å². The van der Waals surface area contributed by atoms with Gasteiger partial charge in [0.1, 0.15) is 0 Å². The van der Waals surface area contributed by atoms with Gasteiger partial charge in [-0.2, -0.15) is 16.8 Å². The number of aromatic nitrogens is 2. The number of carbonyl (C=O) groups excluding carboxylic acids is 1. The number of nitrogens with two attached hydrogens (primary N) is 1. The molecule has 1 fully saturated rings. The molecule has 1 saturated heterocycles. The summed E-state index contributed by atoms with van der Waals surface area (Å²) in [6.07, 6.45) is 0. The van der Waals surface area contributed by atoms with Gasteiger partial charge in [0.25, 0.3) is 5.78 Å². The molecule has 0 amide bonds. The lowest BCUT2D eigenvalue weighted by Crippen LogP contribution is -2.64. The molecular weight excluding hydrogens is 312 g/mol. The number of nitrogens with zero attached hydrogens (tertiary/aromatic N) is 3. The van der Waals surface area contributed by atoms with Crippen LogP contribution in [0.2, 0.25) is 5.02 Å². The molecule has 0 bridgehead atoms. The van der Waals surface area contributed by atoms with Gasteiger partial charge in [-0.3, -0.25) is 9.32 Å². The third-order valence-electron chi connectivity index (χ3n) is 3.23. The van der Waals surface area contributed by atoms with E-state index in [0.717, 1.165) is 24.6 Å². The summed E-state index contributed by atoms with van der Waals surface area (Å²) in [4.78, 5) is 14.1. The second kappa shape index (κ2) is 5.95. The molecule has 2 N–H and O–H groups in total. The molecule has 8 heteroatoms. The lowest BCUT2D eigenvalue weighted by molar-refractivity contribution is -0.759. The number of carbonyl (C=O) groups is 1. The van der Waals surface area contributed by atoms with Crippen LogP contribution < -0.4 is 15.5 Å². The average molecular weight is 326 g/mol. The molecule has 0 atom stereocenters. The number of nitrogen functional groups attached to an aromatic ring is 1. The Morgan fingerprint density at radius 1 is 1.33 bits per heavy atom. The van der Waals surface area contributed by atoms with Crippen molar-refractivity contribution >= 4 is 35.0 Å². The fourth-order valence-corrected chi connectivity index (χ4v) is 3.15. The number of thioether (sulfide) groups is 1. The van der Waals surface area contributed by atoms with E-state index >= 15 is 0 Å². The number of anilines is 1. The van der Waals surface area contributed by atoms with Crippen molar-refractivity contribution in [3.05, 3.63) is 40.5 Å². The second-order valence-corrected chi connectivity index (χ2v) is 6.24. The highest BCUT2D eigenvalue weighted by Crippen LogP contribution is 2.16. The Morgan fingerprint density at radius 3 is 2.67 bits per heavy atom. The zero-order chi connectivity index (χ0) is 14.8. The molecule has 3 rings (SSSR count). The smallest absolute Gasteiger partial charge is 0.361 e. The van der Waals surface area contributed by atoms with Crippen LogP contribution in [0.15, 0.2) is 28.8 Å². The Kier molecular flexibility index (Phi) is 4.03. The van der Waals surface area contributed by atoms with E-state index in [-0.39, 0.29) is 17.4 Å². The minimum atomic E-state index is -0.233. The van der Waals surface area contributed by atoms with Crippen LogP contribution in [0.25, 0.3) is 0 Å². The molecule has 110 valence electrons. The first-order chi connectivity index (χ1) is 10.2. The van der Waals surface area contributed by atoms with E-state index in [1.165, 1.54) is 4.79 Å². The fraction of sp³-hybridized carbons (Fsp3) is 0.308. The molecule has 21 heavy (non-hydrogen) atoms. The van der Waals surface area contributed by atoms with Crippen LogP contribution in [-0.4, -0.2) is 35.6 Å². The number of hydrogen-bond acceptors (Lipinski definition) is 6. The fourth-order valence-electron chi connectivity index (χ4n) is 2.14. The maximum Gasteiger partial charge on any atom is 0.378 e. The minimum Gasteiger partial charge on any atom is -0.361 e. The van der Waals surface area contributed by atoms with Gasteiger partial charge in [-0.25, -0.2) is 0 Å². The summed E-state index contributed by atoms with van der Waals surface area (Å²) in [5.74, 6) is 1.75. The predicted octanol–water partition coefficient (Wildman–Crippen LogP) is 1.11. The van der Waals surface area contributed by atoms with Crippen LogP contribution in [0.3, 0.4) is 0 Å². The molecule has 0 unspecified atom stereocenters. The van der Waals surface area contributed by atoms with E-state index in [1.807, 2.05) is 16.8 Å². The first kappa shape index (κ1) is 14.2. The Balaban J connectivity index is 1.95. The largest absolute Gasteiger partial charge is 0.378 e. The number of hydrogen-bond donors (Lipinski definition) is 1. The molecular formula is C13H14ClN4O2S+. The van der Waals surface area contributed by atoms with Crippen LogP contribution in [0.4, 0.5) is 5.88 Å². The van der Waals surface area contributed by atoms with Crippen molar-refractivity contribution in [2.75, 3.05) is 35.3 Å². The van der Waals surface area contributed by atoms with Gasteiger partial charge in [-0.1, -0.05) is 11.6 Å². The van der Waals surface area contributed by atoms with Crippen LogP contribution in [0.5, 0.6) is 0 Å². The van der Waals surface area contributed by atoms with Gasteiger partial charge < -0.3 is 5.73 Å². The van der Waals surface area contributed by atoms with Crippen LogP contribution in [-0.2, 0) is 0 Å². The molecule has 0 saturated carbocycles. The number of halogens is 1. The van der Waals surface area contributed by atoms with E-state index in [2.05, 4.69) is 5.27 Å². The summed E-state index contributed by atoms with van der Waals surface area (Å²) < 4.78 is 5.01. The normalized spacial score (nSPS) is 15.2. The lowest BCUT2D eigenvalue weighted by Gasteiger charge is -2.18. The molecule has 2 heterocycles. The minimum absolute atomic E-state index is 0.0215. The standard InChI is InChI=1S/C13H13ClN4O2S/c14-10-3-1-9(2-4-10)12(19)11-13(15)20-16-18(11)17-5-7-21-8-6-17/h1-4H,5-8H2,(H-,15,16,19)/p+1. The van der Waals surface area contributed by atoms with Crippen LogP contribution in [0.1, 0.15) is 16.1 Å². The quantitative estimate of drug-likeness (QED) is 0.673.